The Morgan fingerprint density at radius 2 is 2.00 bits per heavy atom. The minimum Gasteiger partial charge on any atom is -0.497 e. The minimum atomic E-state index is -0.0298. The van der Waals surface area contributed by atoms with E-state index >= 15 is 0 Å². The first kappa shape index (κ1) is 19.2. The number of methoxy groups -OCH3 is 1. The summed E-state index contributed by atoms with van der Waals surface area (Å²) in [6.45, 7) is 3.87. The number of carbonyl (C=O) groups excluding carboxylic acids is 1. The van der Waals surface area contributed by atoms with Gasteiger partial charge in [-0.05, 0) is 60.7 Å². The number of rotatable bonds is 8. The van der Waals surface area contributed by atoms with E-state index in [1.54, 1.807) is 13.2 Å². The summed E-state index contributed by atoms with van der Waals surface area (Å²) < 4.78 is 5.33. The molecule has 0 saturated carbocycles. The lowest BCUT2D eigenvalue weighted by Gasteiger charge is -2.29. The summed E-state index contributed by atoms with van der Waals surface area (Å²) in [7, 11) is 1.71. The fourth-order valence-corrected chi connectivity index (χ4v) is 3.38. The van der Waals surface area contributed by atoms with Crippen LogP contribution < -0.4 is 10.1 Å². The molecule has 1 aliphatic heterocycles. The van der Waals surface area contributed by atoms with Crippen LogP contribution in [0.5, 0.6) is 5.75 Å². The van der Waals surface area contributed by atoms with E-state index in [1.165, 1.54) is 11.1 Å². The molecule has 0 unspecified atom stereocenters. The molecule has 0 aromatic heterocycles. The molecule has 1 amide bonds. The number of hydrogen-bond donors (Lipinski definition) is 1. The predicted octanol–water partition coefficient (Wildman–Crippen LogP) is 3.66. The zero-order chi connectivity index (χ0) is 18.9. The molecule has 0 radical (unpaired) electrons. The van der Waals surface area contributed by atoms with Crippen LogP contribution in [0, 0.1) is 0 Å². The maximum atomic E-state index is 11.9. The van der Waals surface area contributed by atoms with E-state index in [0.717, 1.165) is 56.8 Å². The Kier molecular flexibility index (Phi) is 7.05. The summed E-state index contributed by atoms with van der Waals surface area (Å²) in [6.07, 6.45) is 6.62. The Morgan fingerprint density at radius 3 is 2.81 bits per heavy atom. The van der Waals surface area contributed by atoms with Crippen molar-refractivity contribution in [3.63, 3.8) is 0 Å². The summed E-state index contributed by atoms with van der Waals surface area (Å²) in [5.41, 5.74) is 3.85. The van der Waals surface area contributed by atoms with E-state index in [-0.39, 0.29) is 5.91 Å². The molecule has 4 nitrogen and oxygen atoms in total. The van der Waals surface area contributed by atoms with E-state index in [4.69, 9.17) is 4.74 Å². The molecule has 0 saturated heterocycles. The van der Waals surface area contributed by atoms with Crippen LogP contribution in [0.4, 0.5) is 0 Å². The summed E-state index contributed by atoms with van der Waals surface area (Å²) >= 11 is 0. The largest absolute Gasteiger partial charge is 0.497 e. The van der Waals surface area contributed by atoms with E-state index in [2.05, 4.69) is 22.3 Å². The second-order valence-corrected chi connectivity index (χ2v) is 6.90. The molecule has 0 fully saturated rings. The first-order chi connectivity index (χ1) is 13.2. The lowest BCUT2D eigenvalue weighted by Crippen LogP contribution is -2.32. The van der Waals surface area contributed by atoms with Gasteiger partial charge in [-0.15, -0.1) is 0 Å². The van der Waals surface area contributed by atoms with Gasteiger partial charge in [-0.3, -0.25) is 9.69 Å². The van der Waals surface area contributed by atoms with Crippen LogP contribution >= 0.6 is 0 Å². The van der Waals surface area contributed by atoms with Gasteiger partial charge in [0.15, 0.2) is 0 Å². The number of benzene rings is 2. The topological polar surface area (TPSA) is 41.6 Å². The van der Waals surface area contributed by atoms with Gasteiger partial charge >= 0.3 is 0 Å². The highest BCUT2D eigenvalue weighted by atomic mass is 16.5. The Bertz CT molecular complexity index is 771. The molecule has 1 N–H and O–H groups in total. The van der Waals surface area contributed by atoms with E-state index in [1.807, 2.05) is 42.5 Å². The molecular weight excluding hydrogens is 336 g/mol. The van der Waals surface area contributed by atoms with E-state index in [0.29, 0.717) is 0 Å². The van der Waals surface area contributed by atoms with Gasteiger partial charge in [-0.2, -0.15) is 0 Å². The first-order valence-electron chi connectivity index (χ1n) is 9.64. The molecule has 4 heteroatoms. The third-order valence-corrected chi connectivity index (χ3v) is 4.93. The van der Waals surface area contributed by atoms with Crippen molar-refractivity contribution in [2.45, 2.75) is 25.8 Å². The molecule has 0 aliphatic carbocycles. The maximum Gasteiger partial charge on any atom is 0.243 e. The Labute approximate surface area is 161 Å². The van der Waals surface area contributed by atoms with Crippen LogP contribution in [0.3, 0.4) is 0 Å². The van der Waals surface area contributed by atoms with Crippen LogP contribution in [0.15, 0.2) is 54.6 Å². The van der Waals surface area contributed by atoms with Crippen LogP contribution in [-0.4, -0.2) is 37.6 Å². The summed E-state index contributed by atoms with van der Waals surface area (Å²) in [4.78, 5) is 14.3. The molecule has 1 aliphatic rings. The highest BCUT2D eigenvalue weighted by Gasteiger charge is 2.16. The van der Waals surface area contributed by atoms with Crippen LogP contribution in [0.1, 0.15) is 29.5 Å². The number of fused-ring (bicyclic) bond motifs is 1. The fraction of sp³-hybridized carbons (Fsp3) is 0.348. The van der Waals surface area contributed by atoms with Crippen molar-refractivity contribution in [1.82, 2.24) is 10.2 Å². The maximum absolute atomic E-state index is 11.9. The quantitative estimate of drug-likeness (QED) is 0.574. The molecule has 0 bridgehead atoms. The van der Waals surface area contributed by atoms with Gasteiger partial charge < -0.3 is 10.1 Å². The lowest BCUT2D eigenvalue weighted by atomic mass is 9.99. The number of carbonyl (C=O) groups is 1. The fourth-order valence-electron chi connectivity index (χ4n) is 3.38. The second-order valence-electron chi connectivity index (χ2n) is 6.90. The summed E-state index contributed by atoms with van der Waals surface area (Å²) in [5, 5.41) is 2.96. The van der Waals surface area contributed by atoms with Crippen molar-refractivity contribution in [3.8, 4) is 5.75 Å². The first-order valence-corrected chi connectivity index (χ1v) is 9.64. The van der Waals surface area contributed by atoms with Crippen molar-refractivity contribution < 1.29 is 9.53 Å². The third-order valence-electron chi connectivity index (χ3n) is 4.93. The second kappa shape index (κ2) is 9.93. The van der Waals surface area contributed by atoms with Crippen molar-refractivity contribution in [3.05, 3.63) is 71.3 Å². The van der Waals surface area contributed by atoms with Gasteiger partial charge in [-0.25, -0.2) is 0 Å². The molecule has 3 rings (SSSR count). The van der Waals surface area contributed by atoms with Crippen molar-refractivity contribution in [2.75, 3.05) is 26.7 Å². The van der Waals surface area contributed by atoms with Crippen LogP contribution in [0.25, 0.3) is 6.08 Å². The summed E-state index contributed by atoms with van der Waals surface area (Å²) in [6, 6.07) is 16.2. The Morgan fingerprint density at radius 1 is 1.15 bits per heavy atom. The SMILES string of the molecule is COc1ccc2c(c1)CN(CCCCNC(=O)C=Cc1ccccc1)CC2. The molecule has 142 valence electrons. The zero-order valence-corrected chi connectivity index (χ0v) is 16.0. The molecule has 2 aromatic carbocycles. The molecule has 0 atom stereocenters. The molecule has 1 heterocycles. The lowest BCUT2D eigenvalue weighted by molar-refractivity contribution is -0.116. The number of nitrogens with zero attached hydrogens (tertiary/aromatic N) is 1. The Hall–Kier alpha value is -2.59. The van der Waals surface area contributed by atoms with Crippen molar-refractivity contribution >= 4 is 12.0 Å². The standard InChI is InChI=1S/C23H28N2O2/c1-27-22-11-10-20-13-16-25(18-21(20)17-22)15-6-5-14-24-23(26)12-9-19-7-3-2-4-8-19/h2-4,7-12,17H,5-6,13-16,18H2,1H3,(H,24,26). The number of hydrogen-bond acceptors (Lipinski definition) is 3. The third kappa shape index (κ3) is 5.97. The average Bonchev–Trinajstić information content (AvgIpc) is 2.72. The number of amides is 1. The van der Waals surface area contributed by atoms with Crippen molar-refractivity contribution in [1.29, 1.82) is 0 Å². The van der Waals surface area contributed by atoms with E-state index in [9.17, 15) is 4.79 Å². The van der Waals surface area contributed by atoms with Gasteiger partial charge in [0, 0.05) is 25.7 Å². The highest BCUT2D eigenvalue weighted by Crippen LogP contribution is 2.23. The molecular formula is C23H28N2O2. The zero-order valence-electron chi connectivity index (χ0n) is 16.0. The molecule has 0 spiro atoms. The van der Waals surface area contributed by atoms with E-state index < -0.39 is 0 Å². The predicted molar refractivity (Wildman–Crippen MR) is 110 cm³/mol. The molecule has 2 aromatic rings. The normalized spacial score (nSPS) is 14.1. The van der Waals surface area contributed by atoms with Crippen LogP contribution in [0.2, 0.25) is 0 Å². The van der Waals surface area contributed by atoms with Gasteiger partial charge in [-0.1, -0.05) is 36.4 Å². The highest BCUT2D eigenvalue weighted by molar-refractivity contribution is 5.91. The number of ether oxygens (including phenoxy) is 1. The Balaban J connectivity index is 1.33. The van der Waals surface area contributed by atoms with Crippen molar-refractivity contribution in [2.24, 2.45) is 0 Å². The van der Waals surface area contributed by atoms with Gasteiger partial charge in [0.25, 0.3) is 0 Å². The van der Waals surface area contributed by atoms with Crippen LogP contribution in [-0.2, 0) is 17.8 Å². The monoisotopic (exact) mass is 364 g/mol. The van der Waals surface area contributed by atoms with Gasteiger partial charge in [0.1, 0.15) is 5.75 Å². The smallest absolute Gasteiger partial charge is 0.243 e. The van der Waals surface area contributed by atoms with Gasteiger partial charge in [0.2, 0.25) is 5.91 Å². The minimum absolute atomic E-state index is 0.0298. The summed E-state index contributed by atoms with van der Waals surface area (Å²) in [5.74, 6) is 0.903. The number of unbranched alkanes of at least 4 members (excludes halogenated alkanes) is 1. The van der Waals surface area contributed by atoms with Gasteiger partial charge in [0.05, 0.1) is 7.11 Å². The number of nitrogens with one attached hydrogen (secondary N) is 1. The molecule has 27 heavy (non-hydrogen) atoms. The average molecular weight is 364 g/mol.